The van der Waals surface area contributed by atoms with Gasteiger partial charge in [-0.2, -0.15) is 0 Å². The molecule has 5 heteroatoms. The molecule has 2 heterocycles. The zero-order chi connectivity index (χ0) is 22.4. The molecule has 3 fully saturated rings. The average Bonchev–Trinajstić information content (AvgIpc) is 3.15. The van der Waals surface area contributed by atoms with Crippen LogP contribution in [0.3, 0.4) is 0 Å². The van der Waals surface area contributed by atoms with Crippen molar-refractivity contribution in [2.75, 3.05) is 18.4 Å². The summed E-state index contributed by atoms with van der Waals surface area (Å²) in [4.78, 5) is 31.4. The zero-order valence-electron chi connectivity index (χ0n) is 19.0. The number of hydrogen-bond donors (Lipinski definition) is 2. The van der Waals surface area contributed by atoms with Crippen LogP contribution < -0.4 is 5.32 Å². The van der Waals surface area contributed by atoms with Gasteiger partial charge >= 0.3 is 0 Å². The van der Waals surface area contributed by atoms with E-state index in [0.717, 1.165) is 41.7 Å². The molecule has 1 aromatic heterocycles. The van der Waals surface area contributed by atoms with Gasteiger partial charge in [0.15, 0.2) is 0 Å². The van der Waals surface area contributed by atoms with Gasteiger partial charge < -0.3 is 15.2 Å². The molecule has 170 valence electrons. The molecule has 3 aromatic rings. The topological polar surface area (TPSA) is 65.2 Å². The van der Waals surface area contributed by atoms with Gasteiger partial charge in [-0.25, -0.2) is 0 Å². The first kappa shape index (κ1) is 20.5. The fourth-order valence-corrected chi connectivity index (χ4v) is 6.15. The minimum Gasteiger partial charge on any atom is -0.355 e. The Kier molecular flexibility index (Phi) is 5.01. The number of likely N-dealkylation sites (tertiary alicyclic amines) is 1. The minimum atomic E-state index is -0.0366. The molecule has 33 heavy (non-hydrogen) atoms. The number of carbonyl (C=O) groups is 2. The molecule has 2 saturated carbocycles. The van der Waals surface area contributed by atoms with Crippen LogP contribution in [0.4, 0.5) is 5.69 Å². The van der Waals surface area contributed by atoms with E-state index in [0.29, 0.717) is 24.4 Å². The van der Waals surface area contributed by atoms with E-state index in [1.54, 1.807) is 0 Å². The first-order chi connectivity index (χ1) is 16.1. The number of aromatic amines is 1. The lowest BCUT2D eigenvalue weighted by Crippen LogP contribution is -2.42. The molecule has 5 nitrogen and oxygen atoms in total. The van der Waals surface area contributed by atoms with Gasteiger partial charge in [0.2, 0.25) is 11.8 Å². The lowest BCUT2D eigenvalue weighted by Gasteiger charge is -2.32. The minimum absolute atomic E-state index is 0.0366. The molecular weight excluding hydrogens is 410 g/mol. The Morgan fingerprint density at radius 3 is 2.55 bits per heavy atom. The van der Waals surface area contributed by atoms with Gasteiger partial charge in [0.05, 0.1) is 0 Å². The molecule has 0 radical (unpaired) electrons. The molecule has 2 N–H and O–H groups in total. The van der Waals surface area contributed by atoms with Crippen molar-refractivity contribution in [2.24, 2.45) is 17.3 Å². The molecule has 1 aliphatic heterocycles. The van der Waals surface area contributed by atoms with Crippen LogP contribution in [0.2, 0.25) is 0 Å². The Hall–Kier alpha value is -3.08. The van der Waals surface area contributed by atoms with E-state index in [1.165, 1.54) is 31.1 Å². The highest BCUT2D eigenvalue weighted by atomic mass is 16.2. The fraction of sp³-hybridized carbons (Fsp3) is 0.429. The Morgan fingerprint density at radius 1 is 0.970 bits per heavy atom. The second-order valence-electron chi connectivity index (χ2n) is 10.3. The predicted octanol–water partition coefficient (Wildman–Crippen LogP) is 5.59. The number of nitrogens with one attached hydrogen (secondary N) is 2. The summed E-state index contributed by atoms with van der Waals surface area (Å²) in [6.45, 7) is 1.41. The second-order valence-corrected chi connectivity index (χ2v) is 10.3. The first-order valence-electron chi connectivity index (χ1n) is 12.4. The van der Waals surface area contributed by atoms with E-state index in [4.69, 9.17) is 0 Å². The quantitative estimate of drug-likeness (QED) is 0.554. The summed E-state index contributed by atoms with van der Waals surface area (Å²) in [5.41, 5.74) is 4.36. The smallest absolute Gasteiger partial charge is 0.227 e. The molecular formula is C28H31N3O2. The third-order valence-electron chi connectivity index (χ3n) is 8.24. The van der Waals surface area contributed by atoms with Crippen LogP contribution in [-0.4, -0.2) is 34.8 Å². The summed E-state index contributed by atoms with van der Waals surface area (Å²) >= 11 is 0. The van der Waals surface area contributed by atoms with Crippen LogP contribution in [0, 0.1) is 17.3 Å². The van der Waals surface area contributed by atoms with Crippen LogP contribution in [0.1, 0.15) is 44.9 Å². The van der Waals surface area contributed by atoms with Crippen molar-refractivity contribution in [3.8, 4) is 11.3 Å². The normalized spacial score (nSPS) is 22.1. The van der Waals surface area contributed by atoms with E-state index in [-0.39, 0.29) is 17.7 Å². The summed E-state index contributed by atoms with van der Waals surface area (Å²) in [5.74, 6) is 0.638. The summed E-state index contributed by atoms with van der Waals surface area (Å²) in [5, 5.41) is 4.29. The maximum absolute atomic E-state index is 13.0. The van der Waals surface area contributed by atoms with Crippen molar-refractivity contribution in [3.63, 3.8) is 0 Å². The third kappa shape index (κ3) is 3.84. The fourth-order valence-electron chi connectivity index (χ4n) is 6.15. The Bertz CT molecular complexity index is 1170. The second kappa shape index (κ2) is 8.05. The van der Waals surface area contributed by atoms with Crippen molar-refractivity contribution < 1.29 is 9.59 Å². The Labute approximate surface area is 194 Å². The number of anilines is 1. The largest absolute Gasteiger partial charge is 0.355 e. The predicted molar refractivity (Wildman–Crippen MR) is 131 cm³/mol. The van der Waals surface area contributed by atoms with Crippen molar-refractivity contribution in [1.29, 1.82) is 0 Å². The summed E-state index contributed by atoms with van der Waals surface area (Å²) in [7, 11) is 0. The molecule has 2 aliphatic carbocycles. The lowest BCUT2D eigenvalue weighted by atomic mass is 9.94. The van der Waals surface area contributed by atoms with Crippen LogP contribution in [0.5, 0.6) is 0 Å². The molecule has 0 unspecified atom stereocenters. The Morgan fingerprint density at radius 2 is 1.76 bits per heavy atom. The number of benzene rings is 2. The summed E-state index contributed by atoms with van der Waals surface area (Å²) in [6.07, 6.45) is 7.64. The van der Waals surface area contributed by atoms with Crippen molar-refractivity contribution in [3.05, 3.63) is 54.6 Å². The van der Waals surface area contributed by atoms with E-state index < -0.39 is 0 Å². The number of amides is 2. The standard InChI is InChI=1S/C28H31N3O2/c32-26(19-10-14-31(15-11-19)27(33)23-18-28(23)12-3-4-13-28)29-22-8-5-7-20(16-22)25-17-21-6-1-2-9-24(21)30-25/h1-2,5-9,16-17,19,23,30H,3-4,10-15,18H2,(H,29,32)/t23-/m1/s1. The molecule has 1 saturated heterocycles. The third-order valence-corrected chi connectivity index (χ3v) is 8.24. The molecule has 2 aromatic carbocycles. The summed E-state index contributed by atoms with van der Waals surface area (Å²) < 4.78 is 0. The number of carbonyl (C=O) groups excluding carboxylic acids is 2. The molecule has 3 aliphatic rings. The Balaban J connectivity index is 1.06. The number of para-hydroxylation sites is 1. The SMILES string of the molecule is O=C(Nc1cccc(-c2cc3ccccc3[nH]2)c1)C1CCN(C(=O)[C@H]2CC23CCCC3)CC1. The molecule has 0 bridgehead atoms. The van der Waals surface area contributed by atoms with Gasteiger partial charge in [-0.05, 0) is 61.8 Å². The highest BCUT2D eigenvalue weighted by Crippen LogP contribution is 2.63. The molecule has 1 spiro atoms. The van der Waals surface area contributed by atoms with Crippen molar-refractivity contribution in [1.82, 2.24) is 9.88 Å². The number of nitrogens with zero attached hydrogens (tertiary/aromatic N) is 1. The number of hydrogen-bond acceptors (Lipinski definition) is 2. The van der Waals surface area contributed by atoms with E-state index in [2.05, 4.69) is 34.6 Å². The number of rotatable bonds is 4. The number of piperidine rings is 1. The molecule has 2 amide bonds. The van der Waals surface area contributed by atoms with Crippen LogP contribution >= 0.6 is 0 Å². The first-order valence-corrected chi connectivity index (χ1v) is 12.4. The van der Waals surface area contributed by atoms with Crippen LogP contribution in [0.25, 0.3) is 22.2 Å². The van der Waals surface area contributed by atoms with E-state index in [9.17, 15) is 9.59 Å². The maximum Gasteiger partial charge on any atom is 0.227 e. The van der Waals surface area contributed by atoms with Crippen molar-refractivity contribution >= 4 is 28.4 Å². The number of H-pyrrole nitrogens is 1. The highest BCUT2D eigenvalue weighted by Gasteiger charge is 2.59. The summed E-state index contributed by atoms with van der Waals surface area (Å²) in [6, 6.07) is 18.4. The van der Waals surface area contributed by atoms with Gasteiger partial charge in [0.25, 0.3) is 0 Å². The van der Waals surface area contributed by atoms with Gasteiger partial charge in [0, 0.05) is 52.8 Å². The van der Waals surface area contributed by atoms with Crippen LogP contribution in [0.15, 0.2) is 54.6 Å². The van der Waals surface area contributed by atoms with E-state index in [1.807, 2.05) is 35.2 Å². The van der Waals surface area contributed by atoms with E-state index >= 15 is 0 Å². The number of aromatic nitrogens is 1. The van der Waals surface area contributed by atoms with Gasteiger partial charge in [-0.15, -0.1) is 0 Å². The average molecular weight is 442 g/mol. The van der Waals surface area contributed by atoms with Gasteiger partial charge in [-0.3, -0.25) is 9.59 Å². The van der Waals surface area contributed by atoms with Crippen LogP contribution in [-0.2, 0) is 9.59 Å². The lowest BCUT2D eigenvalue weighted by molar-refractivity contribution is -0.136. The zero-order valence-corrected chi connectivity index (χ0v) is 19.0. The maximum atomic E-state index is 13.0. The van der Waals surface area contributed by atoms with Crippen molar-refractivity contribution in [2.45, 2.75) is 44.9 Å². The highest BCUT2D eigenvalue weighted by molar-refractivity contribution is 5.94. The van der Waals surface area contributed by atoms with Gasteiger partial charge in [0.1, 0.15) is 0 Å². The number of fused-ring (bicyclic) bond motifs is 1. The molecule has 6 rings (SSSR count). The van der Waals surface area contributed by atoms with Gasteiger partial charge in [-0.1, -0.05) is 43.2 Å². The molecule has 1 atom stereocenters. The monoisotopic (exact) mass is 441 g/mol.